The van der Waals surface area contributed by atoms with Crippen LogP contribution in [0.15, 0.2) is 42.5 Å². The lowest BCUT2D eigenvalue weighted by Crippen LogP contribution is -1.85. The third-order valence-corrected chi connectivity index (χ3v) is 3.29. The molecule has 1 N–H and O–H groups in total. The van der Waals surface area contributed by atoms with Crippen LogP contribution in [-0.4, -0.2) is 18.4 Å². The van der Waals surface area contributed by atoms with Gasteiger partial charge in [0, 0.05) is 16.5 Å². The van der Waals surface area contributed by atoms with Gasteiger partial charge in [-0.15, -0.1) is 0 Å². The summed E-state index contributed by atoms with van der Waals surface area (Å²) in [5, 5.41) is 0.763. The van der Waals surface area contributed by atoms with E-state index in [4.69, 9.17) is 4.74 Å². The molecule has 100 valence electrons. The van der Waals surface area contributed by atoms with Gasteiger partial charge in [0.05, 0.1) is 18.3 Å². The van der Waals surface area contributed by atoms with Gasteiger partial charge >= 0.3 is 0 Å². The number of H-pyrrole nitrogens is 1. The first kappa shape index (κ1) is 12.4. The number of ether oxygens (including phenoxy) is 1. The van der Waals surface area contributed by atoms with Crippen molar-refractivity contribution in [1.29, 1.82) is 0 Å². The van der Waals surface area contributed by atoms with E-state index >= 15 is 0 Å². The van der Waals surface area contributed by atoms with Gasteiger partial charge in [0.25, 0.3) is 0 Å². The van der Waals surface area contributed by atoms with E-state index < -0.39 is 0 Å². The van der Waals surface area contributed by atoms with Crippen LogP contribution < -0.4 is 4.74 Å². The van der Waals surface area contributed by atoms with Crippen LogP contribution in [-0.2, 0) is 0 Å². The van der Waals surface area contributed by atoms with Gasteiger partial charge < -0.3 is 9.72 Å². The second kappa shape index (κ2) is 4.81. The maximum Gasteiger partial charge on any atom is 0.152 e. The molecule has 3 aromatic rings. The van der Waals surface area contributed by atoms with E-state index in [-0.39, 0.29) is 5.82 Å². The summed E-state index contributed by atoms with van der Waals surface area (Å²) < 4.78 is 18.6. The third-order valence-electron chi connectivity index (χ3n) is 3.29. The van der Waals surface area contributed by atoms with Gasteiger partial charge in [-0.3, -0.25) is 4.79 Å². The van der Waals surface area contributed by atoms with E-state index in [0.29, 0.717) is 22.6 Å². The molecule has 0 saturated carbocycles. The van der Waals surface area contributed by atoms with Crippen LogP contribution in [0.2, 0.25) is 0 Å². The molecule has 0 bridgehead atoms. The van der Waals surface area contributed by atoms with Crippen molar-refractivity contribution in [3.63, 3.8) is 0 Å². The first-order valence-electron chi connectivity index (χ1n) is 6.14. The molecule has 1 aromatic heterocycles. The number of hydrogen-bond acceptors (Lipinski definition) is 2. The number of aromatic nitrogens is 1. The predicted octanol–water partition coefficient (Wildman–Crippen LogP) is 3.80. The van der Waals surface area contributed by atoms with Gasteiger partial charge in [0.2, 0.25) is 0 Å². The highest BCUT2D eigenvalue weighted by Crippen LogP contribution is 2.33. The fourth-order valence-corrected chi connectivity index (χ4v) is 2.38. The summed E-state index contributed by atoms with van der Waals surface area (Å²) in [4.78, 5) is 14.6. The molecule has 0 aliphatic carbocycles. The Hall–Kier alpha value is -2.62. The number of methoxy groups -OCH3 is 1. The summed E-state index contributed by atoms with van der Waals surface area (Å²) in [6.45, 7) is 0. The molecule has 0 aliphatic rings. The molecule has 1 heterocycles. The largest absolute Gasteiger partial charge is 0.495 e. The lowest BCUT2D eigenvalue weighted by molar-refractivity contribution is 0.112. The molecule has 4 heteroatoms. The fourth-order valence-electron chi connectivity index (χ4n) is 2.38. The number of para-hydroxylation sites is 1. The second-order valence-electron chi connectivity index (χ2n) is 4.42. The number of carbonyl (C=O) groups excluding carboxylic acids is 1. The Morgan fingerprint density at radius 1 is 1.20 bits per heavy atom. The van der Waals surface area contributed by atoms with Crippen molar-refractivity contribution in [3.8, 4) is 17.0 Å². The van der Waals surface area contributed by atoms with Crippen LogP contribution in [0, 0.1) is 5.82 Å². The van der Waals surface area contributed by atoms with Crippen LogP contribution in [0.5, 0.6) is 5.75 Å². The molecule has 3 rings (SSSR count). The predicted molar refractivity (Wildman–Crippen MR) is 75.6 cm³/mol. The molecule has 0 spiro atoms. The Kier molecular flexibility index (Phi) is 2.99. The maximum absolute atomic E-state index is 13.4. The maximum atomic E-state index is 13.4. The first-order valence-corrected chi connectivity index (χ1v) is 6.14. The molecule has 20 heavy (non-hydrogen) atoms. The standard InChI is InChI=1S/C16H12FNO2/c1-20-14-7-3-6-12-13(9-19)15(18-16(12)14)10-4-2-5-11(17)8-10/h2-9,18H,1H3. The fraction of sp³-hybridized carbons (Fsp3) is 0.0625. The van der Waals surface area contributed by atoms with Crippen LogP contribution in [0.3, 0.4) is 0 Å². The SMILES string of the molecule is COc1cccc2c(C=O)c(-c3cccc(F)c3)[nH]c12. The highest BCUT2D eigenvalue weighted by atomic mass is 19.1. The summed E-state index contributed by atoms with van der Waals surface area (Å²) >= 11 is 0. The minimum absolute atomic E-state index is 0.343. The smallest absolute Gasteiger partial charge is 0.152 e. The number of rotatable bonds is 3. The lowest BCUT2D eigenvalue weighted by Gasteiger charge is -2.00. The van der Waals surface area contributed by atoms with Gasteiger partial charge in [-0.1, -0.05) is 24.3 Å². The van der Waals surface area contributed by atoms with Gasteiger partial charge in [-0.05, 0) is 18.2 Å². The number of nitrogens with one attached hydrogen (secondary N) is 1. The van der Waals surface area contributed by atoms with Gasteiger partial charge in [-0.2, -0.15) is 0 Å². The molecule has 3 nitrogen and oxygen atoms in total. The number of benzene rings is 2. The minimum Gasteiger partial charge on any atom is -0.495 e. The number of carbonyl (C=O) groups is 1. The first-order chi connectivity index (χ1) is 9.74. The van der Waals surface area contributed by atoms with Crippen molar-refractivity contribution in [2.24, 2.45) is 0 Å². The van der Waals surface area contributed by atoms with Crippen molar-refractivity contribution in [2.45, 2.75) is 0 Å². The Balaban J connectivity index is 2.33. The van der Waals surface area contributed by atoms with Gasteiger partial charge in [0.15, 0.2) is 6.29 Å². The summed E-state index contributed by atoms with van der Waals surface area (Å²) in [6, 6.07) is 11.6. The molecule has 0 amide bonds. The number of fused-ring (bicyclic) bond motifs is 1. The molecule has 0 unspecified atom stereocenters. The minimum atomic E-state index is -0.343. The third kappa shape index (κ3) is 1.86. The van der Waals surface area contributed by atoms with Crippen LogP contribution in [0.4, 0.5) is 4.39 Å². The highest BCUT2D eigenvalue weighted by molar-refractivity contribution is 6.06. The number of aldehydes is 1. The zero-order valence-electron chi connectivity index (χ0n) is 10.8. The van der Waals surface area contributed by atoms with E-state index in [9.17, 15) is 9.18 Å². The van der Waals surface area contributed by atoms with Crippen LogP contribution in [0.25, 0.3) is 22.2 Å². The van der Waals surface area contributed by atoms with E-state index in [2.05, 4.69) is 4.98 Å². The van der Waals surface area contributed by atoms with E-state index in [0.717, 1.165) is 17.2 Å². The Bertz CT molecular complexity index is 792. The van der Waals surface area contributed by atoms with Crippen LogP contribution in [0.1, 0.15) is 10.4 Å². The van der Waals surface area contributed by atoms with Gasteiger partial charge in [0.1, 0.15) is 11.6 Å². The van der Waals surface area contributed by atoms with E-state index in [1.807, 2.05) is 18.2 Å². The molecule has 0 atom stereocenters. The van der Waals surface area contributed by atoms with Crippen molar-refractivity contribution in [2.75, 3.05) is 7.11 Å². The highest BCUT2D eigenvalue weighted by Gasteiger charge is 2.15. The topological polar surface area (TPSA) is 42.1 Å². The van der Waals surface area contributed by atoms with Crippen LogP contribution >= 0.6 is 0 Å². The molecule has 0 radical (unpaired) electrons. The molecule has 2 aromatic carbocycles. The quantitative estimate of drug-likeness (QED) is 0.735. The summed E-state index contributed by atoms with van der Waals surface area (Å²) in [6.07, 6.45) is 0.776. The number of aromatic amines is 1. The average molecular weight is 269 g/mol. The van der Waals surface area contributed by atoms with E-state index in [1.54, 1.807) is 19.2 Å². The van der Waals surface area contributed by atoms with E-state index in [1.165, 1.54) is 12.1 Å². The second-order valence-corrected chi connectivity index (χ2v) is 4.42. The molecule has 0 aliphatic heterocycles. The Morgan fingerprint density at radius 3 is 2.70 bits per heavy atom. The average Bonchev–Trinajstić information content (AvgIpc) is 2.85. The summed E-state index contributed by atoms with van der Waals surface area (Å²) in [5.41, 5.74) is 2.46. The van der Waals surface area contributed by atoms with Crippen molar-refractivity contribution >= 4 is 17.2 Å². The molecular weight excluding hydrogens is 257 g/mol. The Morgan fingerprint density at radius 2 is 2.00 bits per heavy atom. The molecular formula is C16H12FNO2. The molecule has 0 saturated heterocycles. The van der Waals surface area contributed by atoms with Crippen molar-refractivity contribution in [3.05, 3.63) is 53.8 Å². The van der Waals surface area contributed by atoms with Gasteiger partial charge in [-0.25, -0.2) is 4.39 Å². The number of halogens is 1. The summed E-state index contributed by atoms with van der Waals surface area (Å²) in [7, 11) is 1.57. The lowest BCUT2D eigenvalue weighted by atomic mass is 10.1. The monoisotopic (exact) mass is 269 g/mol. The summed E-state index contributed by atoms with van der Waals surface area (Å²) in [5.74, 6) is 0.304. The van der Waals surface area contributed by atoms with Crippen molar-refractivity contribution < 1.29 is 13.9 Å². The Labute approximate surface area is 115 Å². The normalized spacial score (nSPS) is 10.7. The zero-order chi connectivity index (χ0) is 14.1. The van der Waals surface area contributed by atoms with Crippen molar-refractivity contribution in [1.82, 2.24) is 4.98 Å². The number of hydrogen-bond donors (Lipinski definition) is 1. The molecule has 0 fully saturated rings. The zero-order valence-corrected chi connectivity index (χ0v) is 10.8.